The molecule has 0 heterocycles. The maximum atomic E-state index is 11.4. The lowest BCUT2D eigenvalue weighted by atomic mass is 9.63. The topological polar surface area (TPSA) is 26.3 Å². The van der Waals surface area contributed by atoms with Gasteiger partial charge in [0.1, 0.15) is 6.10 Å². The van der Waals surface area contributed by atoms with E-state index in [1.54, 1.807) is 5.57 Å². The van der Waals surface area contributed by atoms with Crippen molar-refractivity contribution in [2.45, 2.75) is 60.0 Å². The van der Waals surface area contributed by atoms with Gasteiger partial charge >= 0.3 is 5.97 Å². The summed E-state index contributed by atoms with van der Waals surface area (Å²) in [5, 5.41) is 0. The van der Waals surface area contributed by atoms with Crippen LogP contribution in [-0.4, -0.2) is 12.1 Å². The van der Waals surface area contributed by atoms with Gasteiger partial charge in [0.25, 0.3) is 0 Å². The maximum absolute atomic E-state index is 11.4. The van der Waals surface area contributed by atoms with Gasteiger partial charge in [-0.1, -0.05) is 29.7 Å². The van der Waals surface area contributed by atoms with E-state index in [0.29, 0.717) is 17.8 Å². The van der Waals surface area contributed by atoms with Crippen LogP contribution in [0.4, 0.5) is 0 Å². The SMILES string of the molecule is CC(=O)O[C@H]1CC(C)=C[C@H]2C(=C(C)C)CC[C@H](C)[C@@H]12. The van der Waals surface area contributed by atoms with Crippen LogP contribution in [0.3, 0.4) is 0 Å². The van der Waals surface area contributed by atoms with Gasteiger partial charge in [-0.15, -0.1) is 0 Å². The molecule has 106 valence electrons. The van der Waals surface area contributed by atoms with Gasteiger partial charge in [0.15, 0.2) is 0 Å². The Balaban J connectivity index is 2.36. The summed E-state index contributed by atoms with van der Waals surface area (Å²) in [6.45, 7) is 10.4. The number of hydrogen-bond acceptors (Lipinski definition) is 2. The normalized spacial score (nSPS) is 34.4. The lowest BCUT2D eigenvalue weighted by Crippen LogP contribution is -2.41. The molecule has 19 heavy (non-hydrogen) atoms. The summed E-state index contributed by atoms with van der Waals surface area (Å²) < 4.78 is 5.63. The minimum atomic E-state index is -0.144. The molecule has 0 aromatic carbocycles. The van der Waals surface area contributed by atoms with Crippen LogP contribution in [0.15, 0.2) is 22.8 Å². The van der Waals surface area contributed by atoms with Gasteiger partial charge in [-0.05, 0) is 39.5 Å². The van der Waals surface area contributed by atoms with E-state index in [2.05, 4.69) is 33.8 Å². The summed E-state index contributed by atoms with van der Waals surface area (Å²) in [4.78, 5) is 11.4. The molecule has 0 N–H and O–H groups in total. The third-order valence-electron chi connectivity index (χ3n) is 4.72. The van der Waals surface area contributed by atoms with Crippen LogP contribution >= 0.6 is 0 Å². The fourth-order valence-corrected chi connectivity index (χ4v) is 3.88. The molecule has 0 bridgehead atoms. The number of fused-ring (bicyclic) bond motifs is 1. The molecule has 4 atom stereocenters. The van der Waals surface area contributed by atoms with Crippen molar-refractivity contribution in [2.75, 3.05) is 0 Å². The van der Waals surface area contributed by atoms with E-state index in [1.165, 1.54) is 30.9 Å². The molecule has 2 heteroatoms. The van der Waals surface area contributed by atoms with E-state index in [4.69, 9.17) is 4.74 Å². The average Bonchev–Trinajstić information content (AvgIpc) is 2.26. The predicted octanol–water partition coefficient (Wildman–Crippen LogP) is 4.27. The molecular formula is C17H26O2. The number of carbonyl (C=O) groups excluding carboxylic acids is 1. The van der Waals surface area contributed by atoms with Crippen LogP contribution in [0.25, 0.3) is 0 Å². The summed E-state index contributed by atoms with van der Waals surface area (Å²) in [5.41, 5.74) is 4.37. The fraction of sp³-hybridized carbons (Fsp3) is 0.706. The highest BCUT2D eigenvalue weighted by Crippen LogP contribution is 2.47. The van der Waals surface area contributed by atoms with Gasteiger partial charge in [0, 0.05) is 25.2 Å². The third-order valence-corrected chi connectivity index (χ3v) is 4.72. The predicted molar refractivity (Wildman–Crippen MR) is 77.7 cm³/mol. The molecule has 0 aromatic heterocycles. The standard InChI is InChI=1S/C17H26O2/c1-10(2)14-7-6-12(4)17-15(14)8-11(3)9-16(17)19-13(5)18/h8,12,15-17H,6-7,9H2,1-5H3/t12-,15-,16-,17+/m0/s1. The van der Waals surface area contributed by atoms with E-state index in [1.807, 2.05) is 0 Å². The first-order valence-electron chi connectivity index (χ1n) is 7.41. The molecule has 0 radical (unpaired) electrons. The van der Waals surface area contributed by atoms with Crippen molar-refractivity contribution in [1.82, 2.24) is 0 Å². The van der Waals surface area contributed by atoms with Crippen molar-refractivity contribution >= 4 is 5.97 Å². The number of ether oxygens (including phenoxy) is 1. The lowest BCUT2D eigenvalue weighted by molar-refractivity contribution is -0.151. The zero-order chi connectivity index (χ0) is 14.2. The quantitative estimate of drug-likeness (QED) is 0.521. The summed E-state index contributed by atoms with van der Waals surface area (Å²) in [7, 11) is 0. The molecule has 1 saturated carbocycles. The second-order valence-electron chi connectivity index (χ2n) is 6.51. The number of esters is 1. The molecule has 2 aliphatic carbocycles. The molecule has 0 unspecified atom stereocenters. The number of allylic oxidation sites excluding steroid dienone is 3. The molecule has 2 aliphatic rings. The molecule has 0 aromatic rings. The number of hydrogen-bond donors (Lipinski definition) is 0. The molecule has 1 fully saturated rings. The van der Waals surface area contributed by atoms with Crippen molar-refractivity contribution in [3.8, 4) is 0 Å². The van der Waals surface area contributed by atoms with Crippen LogP contribution in [0.1, 0.15) is 53.9 Å². The van der Waals surface area contributed by atoms with Crippen LogP contribution in [0, 0.1) is 17.8 Å². The summed E-state index contributed by atoms with van der Waals surface area (Å²) in [6.07, 6.45) is 5.80. The van der Waals surface area contributed by atoms with Crippen molar-refractivity contribution in [3.05, 3.63) is 22.8 Å². The van der Waals surface area contributed by atoms with Crippen LogP contribution in [-0.2, 0) is 9.53 Å². The van der Waals surface area contributed by atoms with Crippen LogP contribution in [0.5, 0.6) is 0 Å². The minimum absolute atomic E-state index is 0.0668. The lowest BCUT2D eigenvalue weighted by Gasteiger charge is -2.44. The Kier molecular flexibility index (Phi) is 4.17. The van der Waals surface area contributed by atoms with Crippen LogP contribution < -0.4 is 0 Å². The zero-order valence-corrected chi connectivity index (χ0v) is 12.8. The second-order valence-corrected chi connectivity index (χ2v) is 6.51. The first kappa shape index (κ1) is 14.4. The van der Waals surface area contributed by atoms with E-state index in [0.717, 1.165) is 6.42 Å². The maximum Gasteiger partial charge on any atom is 0.302 e. The molecular weight excluding hydrogens is 236 g/mol. The Morgan fingerprint density at radius 3 is 2.58 bits per heavy atom. The van der Waals surface area contributed by atoms with Gasteiger partial charge in [0.05, 0.1) is 0 Å². The van der Waals surface area contributed by atoms with E-state index in [-0.39, 0.29) is 12.1 Å². The fourth-order valence-electron chi connectivity index (χ4n) is 3.88. The first-order chi connectivity index (χ1) is 8.90. The Hall–Kier alpha value is -1.05. The number of carbonyl (C=O) groups is 1. The Bertz CT molecular complexity index is 427. The highest BCUT2D eigenvalue weighted by molar-refractivity contribution is 5.66. The molecule has 2 rings (SSSR count). The van der Waals surface area contributed by atoms with E-state index in [9.17, 15) is 4.79 Å². The smallest absolute Gasteiger partial charge is 0.302 e. The van der Waals surface area contributed by atoms with Crippen molar-refractivity contribution in [1.29, 1.82) is 0 Å². The Morgan fingerprint density at radius 2 is 2.00 bits per heavy atom. The van der Waals surface area contributed by atoms with E-state index >= 15 is 0 Å². The molecule has 0 spiro atoms. The second kappa shape index (κ2) is 5.52. The highest BCUT2D eigenvalue weighted by atomic mass is 16.5. The van der Waals surface area contributed by atoms with E-state index < -0.39 is 0 Å². The van der Waals surface area contributed by atoms with Gasteiger partial charge in [-0.25, -0.2) is 0 Å². The molecule has 0 saturated heterocycles. The molecule has 0 amide bonds. The van der Waals surface area contributed by atoms with Gasteiger partial charge in [-0.2, -0.15) is 0 Å². The Labute approximate surface area is 116 Å². The number of rotatable bonds is 1. The summed E-state index contributed by atoms with van der Waals surface area (Å²) >= 11 is 0. The van der Waals surface area contributed by atoms with Gasteiger partial charge < -0.3 is 4.74 Å². The first-order valence-corrected chi connectivity index (χ1v) is 7.41. The van der Waals surface area contributed by atoms with Gasteiger partial charge in [-0.3, -0.25) is 4.79 Å². The molecule has 0 aliphatic heterocycles. The van der Waals surface area contributed by atoms with Crippen molar-refractivity contribution in [2.24, 2.45) is 17.8 Å². The minimum Gasteiger partial charge on any atom is -0.462 e. The zero-order valence-electron chi connectivity index (χ0n) is 12.8. The molecule has 2 nitrogen and oxygen atoms in total. The summed E-state index contributed by atoms with van der Waals surface area (Å²) in [6, 6.07) is 0. The average molecular weight is 262 g/mol. The monoisotopic (exact) mass is 262 g/mol. The van der Waals surface area contributed by atoms with Gasteiger partial charge in [0.2, 0.25) is 0 Å². The van der Waals surface area contributed by atoms with Crippen molar-refractivity contribution < 1.29 is 9.53 Å². The third kappa shape index (κ3) is 2.93. The van der Waals surface area contributed by atoms with Crippen molar-refractivity contribution in [3.63, 3.8) is 0 Å². The highest BCUT2D eigenvalue weighted by Gasteiger charge is 2.42. The van der Waals surface area contributed by atoms with Crippen LogP contribution in [0.2, 0.25) is 0 Å². The largest absolute Gasteiger partial charge is 0.462 e. The Morgan fingerprint density at radius 1 is 1.32 bits per heavy atom. The summed E-state index contributed by atoms with van der Waals surface area (Å²) in [5.74, 6) is 1.43.